The maximum atomic E-state index is 9.96. The number of allylic oxidation sites excluding steroid dienone is 2. The molecule has 0 amide bonds. The largest absolute Gasteiger partial charge is 0.393 e. The van der Waals surface area contributed by atoms with Gasteiger partial charge < -0.3 is 5.11 Å². The van der Waals surface area contributed by atoms with Crippen LogP contribution in [0.2, 0.25) is 0 Å². The third-order valence-electron chi connectivity index (χ3n) is 3.87. The molecule has 0 aliphatic heterocycles. The Morgan fingerprint density at radius 1 is 1.31 bits per heavy atom. The van der Waals surface area contributed by atoms with E-state index in [2.05, 4.69) is 33.8 Å². The zero-order valence-electron chi connectivity index (χ0n) is 11.4. The number of aliphatic hydroxyl groups is 1. The van der Waals surface area contributed by atoms with Crippen molar-refractivity contribution in [3.8, 4) is 0 Å². The van der Waals surface area contributed by atoms with Crippen LogP contribution < -0.4 is 0 Å². The van der Waals surface area contributed by atoms with Crippen LogP contribution in [0.5, 0.6) is 0 Å². The zero-order valence-corrected chi connectivity index (χ0v) is 11.4. The number of rotatable bonds is 5. The SMILES string of the molecule is CC1=CCC(C(C)CC(O)CC(C)C)CC1. The van der Waals surface area contributed by atoms with Crippen LogP contribution in [-0.4, -0.2) is 11.2 Å². The highest BCUT2D eigenvalue weighted by Crippen LogP contribution is 2.32. The maximum Gasteiger partial charge on any atom is 0.0545 e. The van der Waals surface area contributed by atoms with E-state index < -0.39 is 0 Å². The summed E-state index contributed by atoms with van der Waals surface area (Å²) in [5.74, 6) is 2.07. The molecule has 0 radical (unpaired) electrons. The Kier molecular flexibility index (Phi) is 5.54. The van der Waals surface area contributed by atoms with Crippen molar-refractivity contribution in [2.45, 2.75) is 65.9 Å². The van der Waals surface area contributed by atoms with E-state index in [4.69, 9.17) is 0 Å². The quantitative estimate of drug-likeness (QED) is 0.695. The van der Waals surface area contributed by atoms with Crippen molar-refractivity contribution < 1.29 is 5.11 Å². The fourth-order valence-corrected chi connectivity index (χ4v) is 2.76. The Bertz CT molecular complexity index is 230. The molecule has 0 bridgehead atoms. The van der Waals surface area contributed by atoms with Crippen LogP contribution in [0.1, 0.15) is 59.8 Å². The first-order chi connectivity index (χ1) is 7.49. The molecule has 3 atom stereocenters. The average molecular weight is 224 g/mol. The van der Waals surface area contributed by atoms with Crippen molar-refractivity contribution in [2.75, 3.05) is 0 Å². The highest BCUT2D eigenvalue weighted by molar-refractivity contribution is 5.03. The third kappa shape index (κ3) is 4.69. The summed E-state index contributed by atoms with van der Waals surface area (Å²) >= 11 is 0. The fraction of sp³-hybridized carbons (Fsp3) is 0.867. The molecule has 1 N–H and O–H groups in total. The molecule has 1 rings (SSSR count). The number of hydrogen-bond acceptors (Lipinski definition) is 1. The van der Waals surface area contributed by atoms with E-state index in [1.165, 1.54) is 19.3 Å². The average Bonchev–Trinajstić information content (AvgIpc) is 2.16. The van der Waals surface area contributed by atoms with Gasteiger partial charge in [0.25, 0.3) is 0 Å². The Labute approximate surface area is 101 Å². The minimum atomic E-state index is -0.0954. The topological polar surface area (TPSA) is 20.2 Å². The van der Waals surface area contributed by atoms with Gasteiger partial charge in [0.2, 0.25) is 0 Å². The molecule has 0 saturated heterocycles. The van der Waals surface area contributed by atoms with Crippen molar-refractivity contribution in [3.05, 3.63) is 11.6 Å². The summed E-state index contributed by atoms with van der Waals surface area (Å²) in [6.45, 7) is 8.90. The van der Waals surface area contributed by atoms with Crippen LogP contribution in [-0.2, 0) is 0 Å². The molecular weight excluding hydrogens is 196 g/mol. The minimum Gasteiger partial charge on any atom is -0.393 e. The molecular formula is C15H28O. The molecule has 1 heteroatoms. The molecule has 3 unspecified atom stereocenters. The highest BCUT2D eigenvalue weighted by atomic mass is 16.3. The van der Waals surface area contributed by atoms with E-state index in [-0.39, 0.29) is 6.10 Å². The first kappa shape index (κ1) is 13.8. The van der Waals surface area contributed by atoms with E-state index >= 15 is 0 Å². The predicted molar refractivity (Wildman–Crippen MR) is 70.3 cm³/mol. The van der Waals surface area contributed by atoms with Gasteiger partial charge in [0.15, 0.2) is 0 Å². The summed E-state index contributed by atoms with van der Waals surface area (Å²) < 4.78 is 0. The van der Waals surface area contributed by atoms with Gasteiger partial charge in [0, 0.05) is 0 Å². The molecule has 1 aliphatic rings. The van der Waals surface area contributed by atoms with Crippen LogP contribution in [0.3, 0.4) is 0 Å². The zero-order chi connectivity index (χ0) is 12.1. The highest BCUT2D eigenvalue weighted by Gasteiger charge is 2.21. The lowest BCUT2D eigenvalue weighted by Gasteiger charge is -2.28. The fourth-order valence-electron chi connectivity index (χ4n) is 2.76. The second-order valence-electron chi connectivity index (χ2n) is 6.08. The summed E-state index contributed by atoms with van der Waals surface area (Å²) in [4.78, 5) is 0. The van der Waals surface area contributed by atoms with Gasteiger partial charge in [-0.15, -0.1) is 0 Å². The Morgan fingerprint density at radius 3 is 2.50 bits per heavy atom. The van der Waals surface area contributed by atoms with Crippen LogP contribution in [0.4, 0.5) is 0 Å². The first-order valence-corrected chi connectivity index (χ1v) is 6.82. The lowest BCUT2D eigenvalue weighted by Crippen LogP contribution is -2.21. The lowest BCUT2D eigenvalue weighted by molar-refractivity contribution is 0.106. The maximum absolute atomic E-state index is 9.96. The van der Waals surface area contributed by atoms with Gasteiger partial charge in [0.05, 0.1) is 6.10 Å². The molecule has 1 nitrogen and oxygen atoms in total. The molecule has 0 aromatic carbocycles. The normalized spacial score (nSPS) is 25.4. The van der Waals surface area contributed by atoms with Crippen LogP contribution in [0.25, 0.3) is 0 Å². The number of hydrogen-bond donors (Lipinski definition) is 1. The smallest absolute Gasteiger partial charge is 0.0545 e. The monoisotopic (exact) mass is 224 g/mol. The summed E-state index contributed by atoms with van der Waals surface area (Å²) in [5.41, 5.74) is 1.55. The van der Waals surface area contributed by atoms with E-state index in [0.29, 0.717) is 11.8 Å². The molecule has 0 spiro atoms. The number of aliphatic hydroxyl groups excluding tert-OH is 1. The van der Waals surface area contributed by atoms with Crippen molar-refractivity contribution in [1.29, 1.82) is 0 Å². The first-order valence-electron chi connectivity index (χ1n) is 6.82. The molecule has 0 heterocycles. The summed E-state index contributed by atoms with van der Waals surface area (Å²) in [5, 5.41) is 9.96. The van der Waals surface area contributed by atoms with Crippen molar-refractivity contribution in [3.63, 3.8) is 0 Å². The van der Waals surface area contributed by atoms with Gasteiger partial charge >= 0.3 is 0 Å². The van der Waals surface area contributed by atoms with E-state index in [1.54, 1.807) is 5.57 Å². The third-order valence-corrected chi connectivity index (χ3v) is 3.87. The minimum absolute atomic E-state index is 0.0954. The van der Waals surface area contributed by atoms with Gasteiger partial charge in [-0.1, -0.05) is 32.4 Å². The summed E-state index contributed by atoms with van der Waals surface area (Å²) in [7, 11) is 0. The van der Waals surface area contributed by atoms with E-state index in [0.717, 1.165) is 18.8 Å². The molecule has 0 aromatic heterocycles. The van der Waals surface area contributed by atoms with Gasteiger partial charge in [0.1, 0.15) is 0 Å². The van der Waals surface area contributed by atoms with Gasteiger partial charge in [-0.25, -0.2) is 0 Å². The van der Waals surface area contributed by atoms with Crippen LogP contribution >= 0.6 is 0 Å². The Morgan fingerprint density at radius 2 is 2.00 bits per heavy atom. The lowest BCUT2D eigenvalue weighted by atomic mass is 9.79. The molecule has 0 aromatic rings. The van der Waals surface area contributed by atoms with Gasteiger partial charge in [-0.05, 0) is 56.8 Å². The molecule has 0 saturated carbocycles. The second-order valence-corrected chi connectivity index (χ2v) is 6.08. The van der Waals surface area contributed by atoms with Crippen molar-refractivity contribution in [1.82, 2.24) is 0 Å². The van der Waals surface area contributed by atoms with Gasteiger partial charge in [-0.2, -0.15) is 0 Å². The summed E-state index contributed by atoms with van der Waals surface area (Å²) in [6, 6.07) is 0. The Balaban J connectivity index is 2.32. The molecule has 16 heavy (non-hydrogen) atoms. The van der Waals surface area contributed by atoms with Crippen molar-refractivity contribution in [2.24, 2.45) is 17.8 Å². The molecule has 1 aliphatic carbocycles. The standard InChI is InChI=1S/C15H28O/c1-11(2)9-15(16)10-13(4)14-7-5-12(3)6-8-14/h5,11,13-16H,6-10H2,1-4H3. The second kappa shape index (κ2) is 6.44. The summed E-state index contributed by atoms with van der Waals surface area (Å²) in [6.07, 6.45) is 8.03. The molecule has 0 fully saturated rings. The predicted octanol–water partition coefficient (Wildman–Crippen LogP) is 4.17. The van der Waals surface area contributed by atoms with Gasteiger partial charge in [-0.3, -0.25) is 0 Å². The molecule has 94 valence electrons. The van der Waals surface area contributed by atoms with Crippen molar-refractivity contribution >= 4 is 0 Å². The Hall–Kier alpha value is -0.300. The van der Waals surface area contributed by atoms with Crippen LogP contribution in [0, 0.1) is 17.8 Å². The van der Waals surface area contributed by atoms with Crippen LogP contribution in [0.15, 0.2) is 11.6 Å². The van der Waals surface area contributed by atoms with E-state index in [1.807, 2.05) is 0 Å². The van der Waals surface area contributed by atoms with E-state index in [9.17, 15) is 5.11 Å².